The number of hydrogen-bond acceptors (Lipinski definition) is 1. The summed E-state index contributed by atoms with van der Waals surface area (Å²) in [5.41, 5.74) is 0.145. The summed E-state index contributed by atoms with van der Waals surface area (Å²) in [5, 5.41) is 0. The summed E-state index contributed by atoms with van der Waals surface area (Å²) in [6, 6.07) is 0. The molecule has 0 aromatic rings. The summed E-state index contributed by atoms with van der Waals surface area (Å²) in [4.78, 5) is 3.68. The van der Waals surface area contributed by atoms with Crippen LogP contribution in [0.5, 0.6) is 0 Å². The number of halogens is 1. The van der Waals surface area contributed by atoms with Gasteiger partial charge in [-0.2, -0.15) is 0 Å². The van der Waals surface area contributed by atoms with Gasteiger partial charge in [0.05, 0.1) is 5.70 Å². The highest BCUT2D eigenvalue weighted by atomic mass is 19.1. The SMILES string of the molecule is C=C/C=N\C(=C)/C(F)=C\CC. The van der Waals surface area contributed by atoms with Gasteiger partial charge in [0.1, 0.15) is 5.83 Å². The average Bonchev–Trinajstić information content (AvgIpc) is 2.00. The van der Waals surface area contributed by atoms with E-state index in [0.29, 0.717) is 6.42 Å². The topological polar surface area (TPSA) is 12.4 Å². The molecule has 0 saturated carbocycles. The summed E-state index contributed by atoms with van der Waals surface area (Å²) in [5.74, 6) is -0.370. The van der Waals surface area contributed by atoms with Crippen LogP contribution in [0.3, 0.4) is 0 Å². The maximum absolute atomic E-state index is 12.7. The van der Waals surface area contributed by atoms with Crippen LogP contribution in [-0.2, 0) is 0 Å². The van der Waals surface area contributed by atoms with Crippen LogP contribution in [0.15, 0.2) is 41.8 Å². The van der Waals surface area contributed by atoms with Gasteiger partial charge in [-0.25, -0.2) is 4.39 Å². The number of nitrogens with zero attached hydrogens (tertiary/aromatic N) is 1. The molecule has 60 valence electrons. The highest BCUT2D eigenvalue weighted by Crippen LogP contribution is 2.10. The molecule has 0 bridgehead atoms. The van der Waals surface area contributed by atoms with Gasteiger partial charge in [-0.1, -0.05) is 26.2 Å². The second kappa shape index (κ2) is 5.59. The minimum absolute atomic E-state index is 0.145. The zero-order valence-corrected chi connectivity index (χ0v) is 6.68. The van der Waals surface area contributed by atoms with Crippen molar-refractivity contribution in [3.8, 4) is 0 Å². The van der Waals surface area contributed by atoms with Crippen molar-refractivity contribution in [3.05, 3.63) is 36.8 Å². The third-order valence-corrected chi connectivity index (χ3v) is 0.995. The van der Waals surface area contributed by atoms with Crippen LogP contribution in [0, 0.1) is 0 Å². The maximum atomic E-state index is 12.7. The van der Waals surface area contributed by atoms with E-state index < -0.39 is 0 Å². The van der Waals surface area contributed by atoms with Gasteiger partial charge >= 0.3 is 0 Å². The Bertz CT molecular complexity index is 202. The molecular formula is C9H12FN. The molecular weight excluding hydrogens is 141 g/mol. The minimum atomic E-state index is -0.370. The Morgan fingerprint density at radius 2 is 2.27 bits per heavy atom. The standard InChI is InChI=1S/C9H12FN/c1-4-6-9(10)8(3)11-7-5-2/h5-7H,2-4H2,1H3/b9-6+,11-7-. The first kappa shape index (κ1) is 9.82. The van der Waals surface area contributed by atoms with Crippen molar-refractivity contribution in [2.24, 2.45) is 4.99 Å². The van der Waals surface area contributed by atoms with E-state index in [-0.39, 0.29) is 11.5 Å². The Hall–Kier alpha value is -1.18. The van der Waals surface area contributed by atoms with Crippen molar-refractivity contribution in [2.75, 3.05) is 0 Å². The van der Waals surface area contributed by atoms with E-state index in [2.05, 4.69) is 18.2 Å². The third-order valence-electron chi connectivity index (χ3n) is 0.995. The first-order valence-electron chi connectivity index (χ1n) is 3.42. The molecule has 11 heavy (non-hydrogen) atoms. The Kier molecular flexibility index (Phi) is 4.99. The van der Waals surface area contributed by atoms with Gasteiger partial charge in [-0.05, 0) is 12.5 Å². The van der Waals surface area contributed by atoms with E-state index in [1.54, 1.807) is 0 Å². The van der Waals surface area contributed by atoms with Crippen molar-refractivity contribution < 1.29 is 4.39 Å². The highest BCUT2D eigenvalue weighted by Gasteiger charge is 1.95. The lowest BCUT2D eigenvalue weighted by Crippen LogP contribution is -1.77. The highest BCUT2D eigenvalue weighted by molar-refractivity contribution is 5.71. The van der Waals surface area contributed by atoms with Crippen LogP contribution in [0.2, 0.25) is 0 Å². The minimum Gasteiger partial charge on any atom is -0.254 e. The van der Waals surface area contributed by atoms with E-state index in [9.17, 15) is 4.39 Å². The van der Waals surface area contributed by atoms with Gasteiger partial charge in [0, 0.05) is 6.21 Å². The first-order chi connectivity index (χ1) is 5.22. The molecule has 0 aliphatic rings. The Morgan fingerprint density at radius 3 is 2.73 bits per heavy atom. The average molecular weight is 153 g/mol. The first-order valence-corrected chi connectivity index (χ1v) is 3.42. The van der Waals surface area contributed by atoms with Crippen LogP contribution >= 0.6 is 0 Å². The van der Waals surface area contributed by atoms with Crippen LogP contribution in [0.1, 0.15) is 13.3 Å². The molecule has 0 atom stereocenters. The van der Waals surface area contributed by atoms with E-state index in [1.807, 2.05) is 6.92 Å². The number of aliphatic imine (C=N–C) groups is 1. The number of hydrogen-bond donors (Lipinski definition) is 0. The summed E-state index contributed by atoms with van der Waals surface area (Å²) < 4.78 is 12.7. The fourth-order valence-electron chi connectivity index (χ4n) is 0.501. The summed E-state index contributed by atoms with van der Waals surface area (Å²) in [6.45, 7) is 8.68. The van der Waals surface area contributed by atoms with Crippen LogP contribution in [0.4, 0.5) is 4.39 Å². The van der Waals surface area contributed by atoms with Crippen LogP contribution in [0.25, 0.3) is 0 Å². The number of rotatable bonds is 4. The molecule has 0 aliphatic carbocycles. The van der Waals surface area contributed by atoms with Gasteiger partial charge < -0.3 is 0 Å². The summed E-state index contributed by atoms with van der Waals surface area (Å²) in [7, 11) is 0. The molecule has 0 amide bonds. The smallest absolute Gasteiger partial charge is 0.144 e. The zero-order chi connectivity index (χ0) is 8.69. The molecule has 2 heteroatoms. The van der Waals surface area contributed by atoms with Crippen molar-refractivity contribution in [1.82, 2.24) is 0 Å². The lowest BCUT2D eigenvalue weighted by molar-refractivity contribution is 0.644. The molecule has 0 rings (SSSR count). The molecule has 0 radical (unpaired) electrons. The van der Waals surface area contributed by atoms with E-state index in [4.69, 9.17) is 0 Å². The third kappa shape index (κ3) is 4.25. The molecule has 1 nitrogen and oxygen atoms in total. The predicted octanol–water partition coefficient (Wildman–Crippen LogP) is 3.02. The van der Waals surface area contributed by atoms with Gasteiger partial charge in [-0.3, -0.25) is 4.99 Å². The largest absolute Gasteiger partial charge is 0.254 e. The second-order valence-corrected chi connectivity index (χ2v) is 1.92. The molecule has 0 saturated heterocycles. The Labute approximate surface area is 66.7 Å². The van der Waals surface area contributed by atoms with Gasteiger partial charge in [0.15, 0.2) is 0 Å². The van der Waals surface area contributed by atoms with Gasteiger partial charge in [-0.15, -0.1) is 0 Å². The summed E-state index contributed by atoms with van der Waals surface area (Å²) in [6.07, 6.45) is 4.97. The molecule has 0 aliphatic heterocycles. The van der Waals surface area contributed by atoms with Crippen molar-refractivity contribution in [2.45, 2.75) is 13.3 Å². The quantitative estimate of drug-likeness (QED) is 0.435. The maximum Gasteiger partial charge on any atom is 0.144 e. The zero-order valence-electron chi connectivity index (χ0n) is 6.68. The molecule has 0 aromatic carbocycles. The molecule has 0 N–H and O–H groups in total. The summed E-state index contributed by atoms with van der Waals surface area (Å²) >= 11 is 0. The fourth-order valence-corrected chi connectivity index (χ4v) is 0.501. The molecule has 0 heterocycles. The molecule has 0 aromatic heterocycles. The van der Waals surface area contributed by atoms with Crippen LogP contribution < -0.4 is 0 Å². The lowest BCUT2D eigenvalue weighted by Gasteiger charge is -1.92. The van der Waals surface area contributed by atoms with E-state index in [1.165, 1.54) is 18.4 Å². The van der Waals surface area contributed by atoms with E-state index in [0.717, 1.165) is 0 Å². The van der Waals surface area contributed by atoms with Crippen LogP contribution in [-0.4, -0.2) is 6.21 Å². The van der Waals surface area contributed by atoms with Crippen molar-refractivity contribution >= 4 is 6.21 Å². The Morgan fingerprint density at radius 1 is 1.64 bits per heavy atom. The van der Waals surface area contributed by atoms with Gasteiger partial charge in [0.25, 0.3) is 0 Å². The predicted molar refractivity (Wildman–Crippen MR) is 47.3 cm³/mol. The lowest BCUT2D eigenvalue weighted by atomic mass is 10.3. The monoisotopic (exact) mass is 153 g/mol. The molecule has 0 spiro atoms. The fraction of sp³-hybridized carbons (Fsp3) is 0.222. The molecule has 0 unspecified atom stereocenters. The second-order valence-electron chi connectivity index (χ2n) is 1.92. The van der Waals surface area contributed by atoms with Crippen molar-refractivity contribution in [1.29, 1.82) is 0 Å². The van der Waals surface area contributed by atoms with Gasteiger partial charge in [0.2, 0.25) is 0 Å². The molecule has 0 fully saturated rings. The van der Waals surface area contributed by atoms with Crippen molar-refractivity contribution in [3.63, 3.8) is 0 Å². The number of allylic oxidation sites excluding steroid dienone is 3. The Balaban J connectivity index is 4.13. The van der Waals surface area contributed by atoms with E-state index >= 15 is 0 Å². The normalized spacial score (nSPS) is 12.0.